The molecule has 1 aliphatic carbocycles. The molecule has 0 bridgehead atoms. The highest BCUT2D eigenvalue weighted by atomic mass is 16.5. The van der Waals surface area contributed by atoms with Crippen LogP contribution in [0.25, 0.3) is 0 Å². The summed E-state index contributed by atoms with van der Waals surface area (Å²) in [7, 11) is 0. The van der Waals surface area contributed by atoms with Crippen molar-refractivity contribution in [3.63, 3.8) is 0 Å². The van der Waals surface area contributed by atoms with Crippen LogP contribution in [0.1, 0.15) is 36.4 Å². The Morgan fingerprint density at radius 3 is 2.73 bits per heavy atom. The largest absolute Gasteiger partial charge is 0.494 e. The number of rotatable bonds is 3. The van der Waals surface area contributed by atoms with Gasteiger partial charge in [0.1, 0.15) is 5.75 Å². The number of nitrogens with one attached hydrogen (secondary N) is 1. The zero-order valence-corrected chi connectivity index (χ0v) is 12.8. The van der Waals surface area contributed by atoms with Gasteiger partial charge < -0.3 is 10.1 Å². The summed E-state index contributed by atoms with van der Waals surface area (Å²) >= 11 is 0. The molecule has 0 fully saturated rings. The lowest BCUT2D eigenvalue weighted by Crippen LogP contribution is -2.28. The topological polar surface area (TPSA) is 21.3 Å². The van der Waals surface area contributed by atoms with Crippen molar-refractivity contribution in [1.82, 2.24) is 0 Å². The van der Waals surface area contributed by atoms with Crippen LogP contribution in [-0.4, -0.2) is 6.61 Å². The Morgan fingerprint density at radius 2 is 1.91 bits per heavy atom. The first-order valence-corrected chi connectivity index (χ1v) is 8.11. The van der Waals surface area contributed by atoms with Crippen molar-refractivity contribution in [1.29, 1.82) is 0 Å². The number of fused-ring (bicyclic) bond motifs is 3. The molecule has 4 rings (SSSR count). The monoisotopic (exact) mass is 291 g/mol. The molecule has 112 valence electrons. The summed E-state index contributed by atoms with van der Waals surface area (Å²) in [5.74, 6) is 2.09. The third-order valence-electron chi connectivity index (χ3n) is 4.82. The van der Waals surface area contributed by atoms with Gasteiger partial charge >= 0.3 is 0 Å². The number of hydrogen-bond donors (Lipinski definition) is 1. The van der Waals surface area contributed by atoms with Crippen molar-refractivity contribution in [3.05, 3.63) is 71.8 Å². The van der Waals surface area contributed by atoms with E-state index in [2.05, 4.69) is 66.0 Å². The van der Waals surface area contributed by atoms with Gasteiger partial charge in [-0.2, -0.15) is 0 Å². The van der Waals surface area contributed by atoms with Crippen LogP contribution in [-0.2, 0) is 0 Å². The fourth-order valence-corrected chi connectivity index (χ4v) is 3.81. The molecule has 2 aliphatic rings. The van der Waals surface area contributed by atoms with Gasteiger partial charge in [0.15, 0.2) is 0 Å². The highest BCUT2D eigenvalue weighted by Gasteiger charge is 2.37. The van der Waals surface area contributed by atoms with Crippen LogP contribution in [0.3, 0.4) is 0 Å². The number of para-hydroxylation sites is 1. The van der Waals surface area contributed by atoms with Crippen LogP contribution in [0.5, 0.6) is 5.75 Å². The van der Waals surface area contributed by atoms with Gasteiger partial charge in [-0.1, -0.05) is 42.5 Å². The molecular weight excluding hydrogens is 270 g/mol. The smallest absolute Gasteiger partial charge is 0.119 e. The molecule has 0 saturated heterocycles. The first-order valence-electron chi connectivity index (χ1n) is 8.11. The van der Waals surface area contributed by atoms with Crippen LogP contribution in [0.4, 0.5) is 5.69 Å². The first-order chi connectivity index (χ1) is 10.9. The van der Waals surface area contributed by atoms with Crippen LogP contribution < -0.4 is 10.1 Å². The number of allylic oxidation sites excluding steroid dienone is 2. The molecule has 2 aromatic rings. The Labute approximate surface area is 131 Å². The van der Waals surface area contributed by atoms with Crippen molar-refractivity contribution in [3.8, 4) is 5.75 Å². The predicted molar refractivity (Wildman–Crippen MR) is 90.4 cm³/mol. The van der Waals surface area contributed by atoms with Gasteiger partial charge in [-0.25, -0.2) is 0 Å². The molecular formula is C20H21NO. The normalized spacial score (nSPS) is 25.2. The third-order valence-corrected chi connectivity index (χ3v) is 4.82. The minimum Gasteiger partial charge on any atom is -0.494 e. The van der Waals surface area contributed by atoms with Crippen LogP contribution in [0, 0.1) is 5.92 Å². The van der Waals surface area contributed by atoms with E-state index in [4.69, 9.17) is 4.74 Å². The van der Waals surface area contributed by atoms with E-state index in [0.29, 0.717) is 24.5 Å². The van der Waals surface area contributed by atoms with E-state index in [1.165, 1.54) is 16.8 Å². The molecule has 3 atom stereocenters. The zero-order chi connectivity index (χ0) is 14.9. The molecule has 2 heteroatoms. The first kappa shape index (κ1) is 13.4. The van der Waals surface area contributed by atoms with Crippen molar-refractivity contribution in [2.75, 3.05) is 11.9 Å². The van der Waals surface area contributed by atoms with Gasteiger partial charge in [0.25, 0.3) is 0 Å². The van der Waals surface area contributed by atoms with E-state index in [9.17, 15) is 0 Å². The lowest BCUT2D eigenvalue weighted by atomic mass is 9.77. The van der Waals surface area contributed by atoms with E-state index in [0.717, 1.165) is 12.2 Å². The van der Waals surface area contributed by atoms with Gasteiger partial charge in [0.05, 0.1) is 12.6 Å². The molecule has 1 N–H and O–H groups in total. The van der Waals surface area contributed by atoms with E-state index in [1.807, 2.05) is 6.92 Å². The Kier molecular flexibility index (Phi) is 3.38. The van der Waals surface area contributed by atoms with Gasteiger partial charge in [-0.3, -0.25) is 0 Å². The summed E-state index contributed by atoms with van der Waals surface area (Å²) in [6.45, 7) is 2.73. The van der Waals surface area contributed by atoms with Crippen molar-refractivity contribution in [2.24, 2.45) is 5.92 Å². The second kappa shape index (κ2) is 5.53. The zero-order valence-electron chi connectivity index (χ0n) is 12.8. The molecule has 0 amide bonds. The fourth-order valence-electron chi connectivity index (χ4n) is 3.81. The number of benzene rings is 2. The van der Waals surface area contributed by atoms with Crippen molar-refractivity contribution in [2.45, 2.75) is 25.3 Å². The summed E-state index contributed by atoms with van der Waals surface area (Å²) in [4.78, 5) is 0. The lowest BCUT2D eigenvalue weighted by molar-refractivity contribution is 0.340. The van der Waals surface area contributed by atoms with Crippen molar-refractivity contribution < 1.29 is 4.74 Å². The number of ether oxygens (including phenoxy) is 1. The Bertz CT molecular complexity index is 689. The molecule has 1 aliphatic heterocycles. The number of anilines is 1. The Hall–Kier alpha value is -2.22. The highest BCUT2D eigenvalue weighted by Crippen LogP contribution is 2.49. The summed E-state index contributed by atoms with van der Waals surface area (Å²) in [6, 6.07) is 17.6. The molecule has 0 aromatic heterocycles. The summed E-state index contributed by atoms with van der Waals surface area (Å²) in [5.41, 5.74) is 4.05. The molecule has 0 radical (unpaired) electrons. The molecule has 1 heterocycles. The van der Waals surface area contributed by atoms with Crippen LogP contribution >= 0.6 is 0 Å². The van der Waals surface area contributed by atoms with Crippen LogP contribution in [0.15, 0.2) is 60.7 Å². The minimum atomic E-state index is 0.366. The second-order valence-electron chi connectivity index (χ2n) is 6.06. The maximum Gasteiger partial charge on any atom is 0.119 e. The quantitative estimate of drug-likeness (QED) is 0.811. The minimum absolute atomic E-state index is 0.366. The lowest BCUT2D eigenvalue weighted by Gasteiger charge is -2.37. The van der Waals surface area contributed by atoms with E-state index >= 15 is 0 Å². The second-order valence-corrected chi connectivity index (χ2v) is 6.06. The molecule has 0 saturated carbocycles. The number of hydrogen-bond acceptors (Lipinski definition) is 2. The van der Waals surface area contributed by atoms with Gasteiger partial charge in [-0.15, -0.1) is 0 Å². The molecule has 2 aromatic carbocycles. The highest BCUT2D eigenvalue weighted by molar-refractivity contribution is 5.59. The Balaban J connectivity index is 1.68. The van der Waals surface area contributed by atoms with Crippen LogP contribution in [0.2, 0.25) is 0 Å². The van der Waals surface area contributed by atoms with Gasteiger partial charge in [-0.05, 0) is 48.6 Å². The average Bonchev–Trinajstić information content (AvgIpc) is 3.05. The maximum absolute atomic E-state index is 5.56. The fraction of sp³-hybridized carbons (Fsp3) is 0.300. The van der Waals surface area contributed by atoms with Gasteiger partial charge in [0, 0.05) is 11.6 Å². The Morgan fingerprint density at radius 1 is 1.09 bits per heavy atom. The van der Waals surface area contributed by atoms with E-state index < -0.39 is 0 Å². The summed E-state index contributed by atoms with van der Waals surface area (Å²) in [5, 5.41) is 3.76. The van der Waals surface area contributed by atoms with E-state index in [-0.39, 0.29) is 0 Å². The van der Waals surface area contributed by atoms with Gasteiger partial charge in [0.2, 0.25) is 0 Å². The molecule has 0 spiro atoms. The summed E-state index contributed by atoms with van der Waals surface area (Å²) in [6.07, 6.45) is 5.86. The van der Waals surface area contributed by atoms with E-state index in [1.54, 1.807) is 0 Å². The van der Waals surface area contributed by atoms with Crippen molar-refractivity contribution >= 4 is 5.69 Å². The maximum atomic E-state index is 5.56. The third kappa shape index (κ3) is 2.19. The average molecular weight is 291 g/mol. The summed E-state index contributed by atoms with van der Waals surface area (Å²) < 4.78 is 5.56. The molecule has 0 unspecified atom stereocenters. The predicted octanol–water partition coefficient (Wildman–Crippen LogP) is 4.91. The molecule has 22 heavy (non-hydrogen) atoms. The standard InChI is InChI=1S/C20H21NO/c1-2-22-15-12-10-14(11-13-15)20-18-8-5-7-16(18)17-6-3-4-9-19(17)21-20/h3-7,9-13,16,18,20-21H,2,8H2,1H3/t16-,18-,20-/m0/s1. The SMILES string of the molecule is CCOc1ccc([C@@H]2Nc3ccccc3[C@@H]3C=CC[C@@H]32)cc1. The molecule has 2 nitrogen and oxygen atoms in total.